The zero-order valence-electron chi connectivity index (χ0n) is 18.1. The summed E-state index contributed by atoms with van der Waals surface area (Å²) in [5, 5.41) is 6.11. The van der Waals surface area contributed by atoms with Crippen molar-refractivity contribution in [3.05, 3.63) is 29.3 Å². The molecular weight excluding hydrogens is 488 g/mol. The number of Topliss-reactive ketones (excluding diaryl/α,β-unsaturated/α-hetero) is 1. The summed E-state index contributed by atoms with van der Waals surface area (Å²) in [6.07, 6.45) is 1.56. The number of halogens is 2. The van der Waals surface area contributed by atoms with Gasteiger partial charge in [-0.15, -0.1) is 11.6 Å². The highest BCUT2D eigenvalue weighted by atomic mass is 79.9. The SMILES string of the molecule is COC(=O)CCCCC(=O)N[C@@H](C)C(=O)C[C@@H](C)C(=O)Nc1cc(CCl)cc(CBr)c1. The number of carbonyl (C=O) groups is 4. The van der Waals surface area contributed by atoms with Crippen LogP contribution in [0, 0.1) is 5.92 Å². The van der Waals surface area contributed by atoms with E-state index in [0.717, 1.165) is 11.1 Å². The molecule has 0 radical (unpaired) electrons. The van der Waals surface area contributed by atoms with Crippen LogP contribution in [0.1, 0.15) is 57.1 Å². The van der Waals surface area contributed by atoms with Crippen molar-refractivity contribution < 1.29 is 23.9 Å². The standard InChI is InChI=1S/C22H30BrClN2O5/c1-14(22(30)26-18-10-16(12-23)9-17(11-18)13-24)8-19(27)15(2)25-20(28)6-4-5-7-21(29)31-3/h9-11,14-15H,4-8,12-13H2,1-3H3,(H,25,28)(H,26,30)/t14-,15+/m1/s1. The van der Waals surface area contributed by atoms with Crippen molar-refractivity contribution in [2.45, 2.75) is 63.2 Å². The maximum absolute atomic E-state index is 12.5. The summed E-state index contributed by atoms with van der Waals surface area (Å²) < 4.78 is 4.55. The van der Waals surface area contributed by atoms with Gasteiger partial charge in [-0.2, -0.15) is 0 Å². The van der Waals surface area contributed by atoms with Gasteiger partial charge in [-0.05, 0) is 43.0 Å². The lowest BCUT2D eigenvalue weighted by atomic mass is 9.99. The van der Waals surface area contributed by atoms with Gasteiger partial charge in [0.25, 0.3) is 0 Å². The van der Waals surface area contributed by atoms with Crippen molar-refractivity contribution in [2.24, 2.45) is 5.92 Å². The molecule has 9 heteroatoms. The molecule has 0 unspecified atom stereocenters. The highest BCUT2D eigenvalue weighted by Gasteiger charge is 2.22. The number of amides is 2. The number of ketones is 1. The minimum absolute atomic E-state index is 0.0100. The molecular formula is C22H30BrClN2O5. The Balaban J connectivity index is 2.48. The van der Waals surface area contributed by atoms with E-state index >= 15 is 0 Å². The second kappa shape index (κ2) is 14.2. The number of rotatable bonds is 13. The molecule has 172 valence electrons. The van der Waals surface area contributed by atoms with Crippen molar-refractivity contribution in [3.8, 4) is 0 Å². The van der Waals surface area contributed by atoms with Gasteiger partial charge in [0, 0.05) is 42.1 Å². The molecule has 1 aromatic rings. The molecule has 1 aromatic carbocycles. The van der Waals surface area contributed by atoms with E-state index in [0.29, 0.717) is 29.7 Å². The molecule has 0 heterocycles. The van der Waals surface area contributed by atoms with Crippen LogP contribution in [0.25, 0.3) is 0 Å². The Labute approximate surface area is 196 Å². The van der Waals surface area contributed by atoms with Gasteiger partial charge in [0.05, 0.1) is 13.2 Å². The minimum atomic E-state index is -0.692. The third-order valence-electron chi connectivity index (χ3n) is 4.71. The molecule has 0 aliphatic heterocycles. The summed E-state index contributed by atoms with van der Waals surface area (Å²) in [4.78, 5) is 48.0. The smallest absolute Gasteiger partial charge is 0.305 e. The number of methoxy groups -OCH3 is 1. The van der Waals surface area contributed by atoms with Crippen LogP contribution in [0.15, 0.2) is 18.2 Å². The normalized spacial score (nSPS) is 12.5. The number of benzene rings is 1. The number of carbonyl (C=O) groups excluding carboxylic acids is 4. The van der Waals surface area contributed by atoms with E-state index in [2.05, 4.69) is 31.3 Å². The fourth-order valence-electron chi connectivity index (χ4n) is 2.88. The van der Waals surface area contributed by atoms with E-state index in [1.54, 1.807) is 19.9 Å². The molecule has 0 bridgehead atoms. The van der Waals surface area contributed by atoms with Crippen molar-refractivity contribution in [1.82, 2.24) is 5.32 Å². The largest absolute Gasteiger partial charge is 0.469 e. The van der Waals surface area contributed by atoms with Crippen molar-refractivity contribution in [1.29, 1.82) is 0 Å². The number of hydrogen-bond acceptors (Lipinski definition) is 5. The quantitative estimate of drug-likeness (QED) is 0.233. The monoisotopic (exact) mass is 516 g/mol. The Morgan fingerprint density at radius 1 is 1.06 bits per heavy atom. The van der Waals surface area contributed by atoms with Gasteiger partial charge in [0.15, 0.2) is 5.78 Å². The number of alkyl halides is 2. The zero-order valence-corrected chi connectivity index (χ0v) is 20.5. The highest BCUT2D eigenvalue weighted by Crippen LogP contribution is 2.20. The molecule has 1 rings (SSSR count). The van der Waals surface area contributed by atoms with Crippen molar-refractivity contribution >= 4 is 56.8 Å². The Morgan fingerprint density at radius 3 is 2.32 bits per heavy atom. The van der Waals surface area contributed by atoms with Crippen LogP contribution in [-0.4, -0.2) is 36.7 Å². The molecule has 7 nitrogen and oxygen atoms in total. The van der Waals surface area contributed by atoms with Gasteiger partial charge in [-0.25, -0.2) is 0 Å². The van der Waals surface area contributed by atoms with E-state index in [4.69, 9.17) is 11.6 Å². The van der Waals surface area contributed by atoms with Crippen LogP contribution in [-0.2, 0) is 35.1 Å². The number of unbranched alkanes of at least 4 members (excludes halogenated alkanes) is 1. The van der Waals surface area contributed by atoms with Gasteiger partial charge in [0.2, 0.25) is 11.8 Å². The average Bonchev–Trinajstić information content (AvgIpc) is 2.75. The second-order valence-electron chi connectivity index (χ2n) is 7.44. The van der Waals surface area contributed by atoms with Crippen molar-refractivity contribution in [3.63, 3.8) is 0 Å². The minimum Gasteiger partial charge on any atom is -0.469 e. The predicted octanol–water partition coefficient (Wildman–Crippen LogP) is 4.09. The number of ether oxygens (including phenoxy) is 1. The molecule has 0 fully saturated rings. The second-order valence-corrected chi connectivity index (χ2v) is 8.27. The van der Waals surface area contributed by atoms with Gasteiger partial charge >= 0.3 is 5.97 Å². The van der Waals surface area contributed by atoms with Crippen molar-refractivity contribution in [2.75, 3.05) is 12.4 Å². The topological polar surface area (TPSA) is 102 Å². The predicted molar refractivity (Wildman–Crippen MR) is 124 cm³/mol. The van der Waals surface area contributed by atoms with Crippen LogP contribution in [0.5, 0.6) is 0 Å². The molecule has 2 N–H and O–H groups in total. The molecule has 0 saturated carbocycles. The van der Waals surface area contributed by atoms with Gasteiger partial charge in [0.1, 0.15) is 0 Å². The van der Waals surface area contributed by atoms with E-state index in [1.165, 1.54) is 7.11 Å². The number of hydrogen-bond donors (Lipinski definition) is 2. The lowest BCUT2D eigenvalue weighted by Crippen LogP contribution is -2.39. The molecule has 2 amide bonds. The van der Waals surface area contributed by atoms with E-state index < -0.39 is 12.0 Å². The van der Waals surface area contributed by atoms with E-state index in [-0.39, 0.29) is 42.8 Å². The van der Waals surface area contributed by atoms with Crippen LogP contribution >= 0.6 is 27.5 Å². The third kappa shape index (κ3) is 10.3. The molecule has 0 spiro atoms. The molecule has 31 heavy (non-hydrogen) atoms. The Hall–Kier alpha value is -1.93. The summed E-state index contributed by atoms with van der Waals surface area (Å²) in [5.74, 6) is -1.29. The summed E-state index contributed by atoms with van der Waals surface area (Å²) in [6.45, 7) is 3.27. The van der Waals surface area contributed by atoms with Gasteiger partial charge in [-0.3, -0.25) is 19.2 Å². The van der Waals surface area contributed by atoms with E-state index in [1.807, 2.05) is 12.1 Å². The van der Waals surface area contributed by atoms with Crippen LogP contribution in [0.3, 0.4) is 0 Å². The Kier molecular flexibility index (Phi) is 12.4. The first-order valence-electron chi connectivity index (χ1n) is 10.1. The van der Waals surface area contributed by atoms with Gasteiger partial charge in [-0.1, -0.05) is 28.9 Å². The summed E-state index contributed by atoms with van der Waals surface area (Å²) in [7, 11) is 1.32. The molecule has 0 aliphatic carbocycles. The van der Waals surface area contributed by atoms with Crippen LogP contribution < -0.4 is 10.6 Å². The molecule has 0 aromatic heterocycles. The average molecular weight is 518 g/mol. The lowest BCUT2D eigenvalue weighted by Gasteiger charge is -2.17. The lowest BCUT2D eigenvalue weighted by molar-refractivity contribution is -0.140. The fraction of sp³-hybridized carbons (Fsp3) is 0.545. The van der Waals surface area contributed by atoms with E-state index in [9.17, 15) is 19.2 Å². The third-order valence-corrected chi connectivity index (χ3v) is 5.66. The Bertz CT molecular complexity index is 765. The summed E-state index contributed by atoms with van der Waals surface area (Å²) in [6, 6.07) is 4.90. The maximum atomic E-state index is 12.5. The summed E-state index contributed by atoms with van der Waals surface area (Å²) >= 11 is 9.30. The number of anilines is 1. The first kappa shape index (κ1) is 27.1. The van der Waals surface area contributed by atoms with Crippen LogP contribution in [0.2, 0.25) is 0 Å². The van der Waals surface area contributed by atoms with Crippen LogP contribution in [0.4, 0.5) is 5.69 Å². The number of nitrogens with one attached hydrogen (secondary N) is 2. The maximum Gasteiger partial charge on any atom is 0.305 e. The zero-order chi connectivity index (χ0) is 23.4. The first-order valence-corrected chi connectivity index (χ1v) is 11.8. The fourth-order valence-corrected chi connectivity index (χ4v) is 3.35. The molecule has 2 atom stereocenters. The first-order chi connectivity index (χ1) is 14.7. The molecule has 0 aliphatic rings. The number of esters is 1. The highest BCUT2D eigenvalue weighted by molar-refractivity contribution is 9.08. The molecule has 0 saturated heterocycles. The summed E-state index contributed by atoms with van der Waals surface area (Å²) in [5.41, 5.74) is 2.51. The van der Waals surface area contributed by atoms with Gasteiger partial charge < -0.3 is 15.4 Å². The Morgan fingerprint density at radius 2 is 1.71 bits per heavy atom.